The van der Waals surface area contributed by atoms with Crippen LogP contribution in [0.4, 0.5) is 0 Å². The van der Waals surface area contributed by atoms with Crippen LogP contribution in [0.3, 0.4) is 0 Å². The van der Waals surface area contributed by atoms with Gasteiger partial charge in [0.25, 0.3) is 0 Å². The molecule has 1 aromatic rings. The lowest BCUT2D eigenvalue weighted by Gasteiger charge is -2.27. The van der Waals surface area contributed by atoms with E-state index in [9.17, 15) is 8.42 Å². The SMILES string of the molecule is O=S(=O)(c1cc(Cl)ccc1OCC1CCC1)N1CCC2CCC(C1)N2. The lowest BCUT2D eigenvalue weighted by Crippen LogP contribution is -2.39. The fourth-order valence-electron chi connectivity index (χ4n) is 3.94. The second-order valence-corrected chi connectivity index (χ2v) is 9.83. The maximum Gasteiger partial charge on any atom is 0.246 e. The summed E-state index contributed by atoms with van der Waals surface area (Å²) in [7, 11) is -3.61. The molecule has 3 fully saturated rings. The molecule has 1 aromatic carbocycles. The molecule has 3 aliphatic rings. The smallest absolute Gasteiger partial charge is 0.246 e. The van der Waals surface area contributed by atoms with Crippen LogP contribution in [0.2, 0.25) is 5.02 Å². The largest absolute Gasteiger partial charge is 0.492 e. The Morgan fingerprint density at radius 3 is 2.72 bits per heavy atom. The summed E-state index contributed by atoms with van der Waals surface area (Å²) < 4.78 is 34.0. The molecular weight excluding hydrogens is 360 g/mol. The molecule has 2 aliphatic heterocycles. The minimum atomic E-state index is -3.61. The Hall–Kier alpha value is -0.820. The molecule has 7 heteroatoms. The fourth-order valence-corrected chi connectivity index (χ4v) is 5.83. The molecule has 2 unspecified atom stereocenters. The van der Waals surface area contributed by atoms with Gasteiger partial charge in [0, 0.05) is 30.2 Å². The number of ether oxygens (including phenoxy) is 1. The second kappa shape index (κ2) is 7.06. The minimum absolute atomic E-state index is 0.206. The minimum Gasteiger partial charge on any atom is -0.492 e. The molecule has 0 amide bonds. The molecule has 0 radical (unpaired) electrons. The Labute approximate surface area is 154 Å². The normalized spacial score (nSPS) is 27.7. The molecule has 138 valence electrons. The monoisotopic (exact) mass is 384 g/mol. The van der Waals surface area contributed by atoms with Crippen LogP contribution in [0.25, 0.3) is 0 Å². The van der Waals surface area contributed by atoms with Crippen molar-refractivity contribution in [2.75, 3.05) is 19.7 Å². The summed E-state index contributed by atoms with van der Waals surface area (Å²) in [5, 5.41) is 3.94. The van der Waals surface area contributed by atoms with Crippen LogP contribution in [0.5, 0.6) is 5.75 Å². The first-order valence-corrected chi connectivity index (χ1v) is 11.0. The molecular formula is C18H25ClN2O3S. The van der Waals surface area contributed by atoms with Crippen LogP contribution >= 0.6 is 11.6 Å². The summed E-state index contributed by atoms with van der Waals surface area (Å²) in [6, 6.07) is 5.61. The number of nitrogens with zero attached hydrogens (tertiary/aromatic N) is 1. The molecule has 25 heavy (non-hydrogen) atoms. The van der Waals surface area contributed by atoms with Crippen molar-refractivity contribution in [1.29, 1.82) is 0 Å². The molecule has 5 nitrogen and oxygen atoms in total. The van der Waals surface area contributed by atoms with Gasteiger partial charge in [-0.15, -0.1) is 0 Å². The van der Waals surface area contributed by atoms with Gasteiger partial charge in [-0.2, -0.15) is 4.31 Å². The summed E-state index contributed by atoms with van der Waals surface area (Å²) >= 11 is 6.11. The first kappa shape index (κ1) is 17.6. The first-order chi connectivity index (χ1) is 12.0. The van der Waals surface area contributed by atoms with E-state index in [0.717, 1.165) is 32.1 Å². The van der Waals surface area contributed by atoms with Gasteiger partial charge in [0.1, 0.15) is 10.6 Å². The maximum atomic E-state index is 13.3. The predicted octanol–water partition coefficient (Wildman–Crippen LogP) is 3.03. The number of sulfonamides is 1. The van der Waals surface area contributed by atoms with Crippen LogP contribution in [-0.2, 0) is 10.0 Å². The van der Waals surface area contributed by atoms with Gasteiger partial charge in [-0.05, 0) is 56.2 Å². The standard InChI is InChI=1S/C18H25ClN2O3S/c19-14-4-7-17(24-12-13-2-1-3-13)18(10-14)25(22,23)21-9-8-15-5-6-16(11-21)20-15/h4,7,10,13,15-16,20H,1-3,5-6,8-9,11-12H2. The molecule has 2 atom stereocenters. The van der Waals surface area contributed by atoms with E-state index in [0.29, 0.717) is 42.4 Å². The lowest BCUT2D eigenvalue weighted by atomic mass is 9.86. The number of nitrogens with one attached hydrogen (secondary N) is 1. The zero-order valence-corrected chi connectivity index (χ0v) is 15.9. The Kier molecular flexibility index (Phi) is 4.97. The van der Waals surface area contributed by atoms with E-state index in [1.165, 1.54) is 12.5 Å². The number of fused-ring (bicyclic) bond motifs is 2. The molecule has 2 saturated heterocycles. The average molecular weight is 385 g/mol. The van der Waals surface area contributed by atoms with Crippen molar-refractivity contribution in [3.8, 4) is 5.75 Å². The number of benzene rings is 1. The number of rotatable bonds is 5. The van der Waals surface area contributed by atoms with Gasteiger partial charge >= 0.3 is 0 Å². The number of hydrogen-bond acceptors (Lipinski definition) is 4. The molecule has 4 rings (SSSR count). The van der Waals surface area contributed by atoms with Crippen LogP contribution in [0.15, 0.2) is 23.1 Å². The summed E-state index contributed by atoms with van der Waals surface area (Å²) in [5.41, 5.74) is 0. The number of halogens is 1. The van der Waals surface area contributed by atoms with E-state index >= 15 is 0 Å². The molecule has 0 spiro atoms. The Bertz CT molecular complexity index is 736. The van der Waals surface area contributed by atoms with Crippen molar-refractivity contribution < 1.29 is 13.2 Å². The Morgan fingerprint density at radius 2 is 1.96 bits per heavy atom. The molecule has 1 N–H and O–H groups in total. The van der Waals surface area contributed by atoms with Gasteiger partial charge in [0.15, 0.2) is 0 Å². The zero-order valence-electron chi connectivity index (χ0n) is 14.3. The molecule has 1 aliphatic carbocycles. The Balaban J connectivity index is 1.58. The van der Waals surface area contributed by atoms with Crippen LogP contribution < -0.4 is 10.1 Å². The van der Waals surface area contributed by atoms with Gasteiger partial charge in [-0.25, -0.2) is 8.42 Å². The third kappa shape index (κ3) is 3.68. The summed E-state index contributed by atoms with van der Waals surface area (Å²) in [4.78, 5) is 0.206. The molecule has 2 bridgehead atoms. The first-order valence-electron chi connectivity index (χ1n) is 9.21. The number of hydrogen-bond donors (Lipinski definition) is 1. The topological polar surface area (TPSA) is 58.6 Å². The summed E-state index contributed by atoms with van der Waals surface area (Å²) in [6.45, 7) is 1.65. The predicted molar refractivity (Wildman–Crippen MR) is 97.6 cm³/mol. The van der Waals surface area contributed by atoms with E-state index in [-0.39, 0.29) is 10.9 Å². The zero-order chi connectivity index (χ0) is 17.4. The second-order valence-electron chi connectivity index (χ2n) is 7.49. The molecule has 0 aromatic heterocycles. The van der Waals surface area contributed by atoms with E-state index in [2.05, 4.69) is 5.32 Å². The summed E-state index contributed by atoms with van der Waals surface area (Å²) in [6.07, 6.45) is 6.60. The van der Waals surface area contributed by atoms with Crippen LogP contribution in [0.1, 0.15) is 38.5 Å². The van der Waals surface area contributed by atoms with Crippen molar-refractivity contribution in [1.82, 2.24) is 9.62 Å². The van der Waals surface area contributed by atoms with Gasteiger partial charge in [0.05, 0.1) is 6.61 Å². The van der Waals surface area contributed by atoms with Gasteiger partial charge in [0.2, 0.25) is 10.0 Å². The van der Waals surface area contributed by atoms with Crippen molar-refractivity contribution in [3.63, 3.8) is 0 Å². The van der Waals surface area contributed by atoms with E-state index in [4.69, 9.17) is 16.3 Å². The van der Waals surface area contributed by atoms with Crippen LogP contribution in [0, 0.1) is 5.92 Å². The highest BCUT2D eigenvalue weighted by Crippen LogP contribution is 2.34. The van der Waals surface area contributed by atoms with Crippen molar-refractivity contribution >= 4 is 21.6 Å². The highest BCUT2D eigenvalue weighted by atomic mass is 35.5. The van der Waals surface area contributed by atoms with Crippen molar-refractivity contribution in [2.45, 2.75) is 55.5 Å². The highest BCUT2D eigenvalue weighted by Gasteiger charge is 2.36. The van der Waals surface area contributed by atoms with Gasteiger partial charge in [-0.1, -0.05) is 18.0 Å². The van der Waals surface area contributed by atoms with Crippen LogP contribution in [-0.4, -0.2) is 44.5 Å². The highest BCUT2D eigenvalue weighted by molar-refractivity contribution is 7.89. The van der Waals surface area contributed by atoms with Crippen molar-refractivity contribution in [2.24, 2.45) is 5.92 Å². The third-order valence-corrected chi connectivity index (χ3v) is 7.83. The Morgan fingerprint density at radius 1 is 1.16 bits per heavy atom. The van der Waals surface area contributed by atoms with E-state index in [1.54, 1.807) is 16.4 Å². The quantitative estimate of drug-likeness (QED) is 0.847. The van der Waals surface area contributed by atoms with E-state index < -0.39 is 10.0 Å². The van der Waals surface area contributed by atoms with Gasteiger partial charge < -0.3 is 10.1 Å². The van der Waals surface area contributed by atoms with Crippen molar-refractivity contribution in [3.05, 3.63) is 23.2 Å². The summed E-state index contributed by atoms with van der Waals surface area (Å²) in [5.74, 6) is 0.975. The molecule has 1 saturated carbocycles. The maximum absolute atomic E-state index is 13.3. The molecule has 2 heterocycles. The van der Waals surface area contributed by atoms with E-state index in [1.807, 2.05) is 0 Å². The fraction of sp³-hybridized carbons (Fsp3) is 0.667. The third-order valence-electron chi connectivity index (χ3n) is 5.71. The lowest BCUT2D eigenvalue weighted by molar-refractivity contribution is 0.177. The van der Waals surface area contributed by atoms with Gasteiger partial charge in [-0.3, -0.25) is 0 Å². The average Bonchev–Trinajstić information content (AvgIpc) is 2.85.